The summed E-state index contributed by atoms with van der Waals surface area (Å²) in [5.74, 6) is -0.909. The maximum Gasteiger partial charge on any atom is 0.311 e. The van der Waals surface area contributed by atoms with Gasteiger partial charge in [-0.2, -0.15) is 0 Å². The van der Waals surface area contributed by atoms with E-state index in [4.69, 9.17) is 10.5 Å². The van der Waals surface area contributed by atoms with Crippen molar-refractivity contribution >= 4 is 24.1 Å². The number of phenols is 1. The van der Waals surface area contributed by atoms with E-state index < -0.39 is 28.4 Å². The molecule has 0 aromatic heterocycles. The maximum atomic E-state index is 11.2. The van der Waals surface area contributed by atoms with E-state index in [1.165, 1.54) is 12.1 Å². The van der Waals surface area contributed by atoms with Crippen molar-refractivity contribution in [2.24, 2.45) is 5.73 Å². The summed E-state index contributed by atoms with van der Waals surface area (Å²) in [5, 5.41) is 19.9. The average molecular weight is 291 g/mol. The zero-order valence-corrected chi connectivity index (χ0v) is 11.1. The Morgan fingerprint density at radius 1 is 1.58 bits per heavy atom. The average Bonchev–Trinajstić information content (AvgIpc) is 2.29. The van der Waals surface area contributed by atoms with Gasteiger partial charge in [0.2, 0.25) is 0 Å². The van der Waals surface area contributed by atoms with E-state index in [0.717, 1.165) is 6.07 Å². The highest BCUT2D eigenvalue weighted by molar-refractivity contribution is 5.85. The Kier molecular flexibility index (Phi) is 6.81. The van der Waals surface area contributed by atoms with Crippen molar-refractivity contribution < 1.29 is 19.6 Å². The number of benzene rings is 1. The van der Waals surface area contributed by atoms with Crippen LogP contribution in [0.15, 0.2) is 18.2 Å². The highest BCUT2D eigenvalue weighted by Crippen LogP contribution is 2.29. The Morgan fingerprint density at radius 3 is 2.74 bits per heavy atom. The van der Waals surface area contributed by atoms with Crippen LogP contribution >= 0.6 is 12.4 Å². The summed E-state index contributed by atoms with van der Waals surface area (Å²) < 4.78 is 4.73. The normalized spacial score (nSPS) is 11.3. The van der Waals surface area contributed by atoms with Crippen molar-refractivity contribution in [3.8, 4) is 5.75 Å². The molecule has 1 atom stereocenters. The molecule has 0 saturated heterocycles. The zero-order valence-electron chi connectivity index (χ0n) is 10.2. The standard InChI is InChI=1S/C11H14N2O5.ClH/c1-2-18-11(15)6-8(12)7-3-4-10(14)9(5-7)13(16)17;/h3-5,8,14H,2,6,12H2,1H3;1H/t8-;/m0./s1. The monoisotopic (exact) mass is 290 g/mol. The van der Waals surface area contributed by atoms with E-state index in [1.807, 2.05) is 0 Å². The van der Waals surface area contributed by atoms with Gasteiger partial charge in [-0.3, -0.25) is 14.9 Å². The minimum Gasteiger partial charge on any atom is -0.502 e. The Balaban J connectivity index is 0.00000324. The first-order valence-electron chi connectivity index (χ1n) is 5.34. The van der Waals surface area contributed by atoms with E-state index >= 15 is 0 Å². The topological polar surface area (TPSA) is 116 Å². The number of rotatable bonds is 5. The van der Waals surface area contributed by atoms with Crippen LogP contribution in [-0.2, 0) is 9.53 Å². The number of hydrogen-bond donors (Lipinski definition) is 2. The van der Waals surface area contributed by atoms with Gasteiger partial charge in [0.25, 0.3) is 0 Å². The molecule has 8 heteroatoms. The number of esters is 1. The molecule has 0 saturated carbocycles. The summed E-state index contributed by atoms with van der Waals surface area (Å²) in [7, 11) is 0. The van der Waals surface area contributed by atoms with Crippen LogP contribution in [0.5, 0.6) is 5.75 Å². The maximum absolute atomic E-state index is 11.2. The van der Waals surface area contributed by atoms with Gasteiger partial charge in [0, 0.05) is 12.1 Å². The Hall–Kier alpha value is -1.86. The van der Waals surface area contributed by atoms with E-state index in [1.54, 1.807) is 6.92 Å². The first kappa shape index (κ1) is 17.1. The lowest BCUT2D eigenvalue weighted by Gasteiger charge is -2.11. The number of phenolic OH excluding ortho intramolecular Hbond substituents is 1. The molecule has 106 valence electrons. The molecule has 0 fully saturated rings. The van der Waals surface area contributed by atoms with Crippen molar-refractivity contribution in [3.05, 3.63) is 33.9 Å². The predicted octanol–water partition coefficient (Wildman–Crippen LogP) is 1.68. The lowest BCUT2D eigenvalue weighted by molar-refractivity contribution is -0.385. The largest absolute Gasteiger partial charge is 0.502 e. The van der Waals surface area contributed by atoms with Gasteiger partial charge in [-0.15, -0.1) is 12.4 Å². The number of aromatic hydroxyl groups is 1. The van der Waals surface area contributed by atoms with Crippen LogP contribution in [0.1, 0.15) is 24.9 Å². The number of ether oxygens (including phenoxy) is 1. The van der Waals surface area contributed by atoms with Crippen molar-refractivity contribution in [1.82, 2.24) is 0 Å². The van der Waals surface area contributed by atoms with Crippen LogP contribution in [0.3, 0.4) is 0 Å². The molecule has 0 spiro atoms. The Morgan fingerprint density at radius 2 is 2.21 bits per heavy atom. The molecular formula is C11H15ClN2O5. The number of nitro groups is 1. The summed E-state index contributed by atoms with van der Waals surface area (Å²) in [6.45, 7) is 1.93. The Labute approximate surface area is 115 Å². The third-order valence-electron chi connectivity index (χ3n) is 2.32. The smallest absolute Gasteiger partial charge is 0.311 e. The van der Waals surface area contributed by atoms with Crippen molar-refractivity contribution in [2.75, 3.05) is 6.61 Å². The van der Waals surface area contributed by atoms with Gasteiger partial charge in [0.05, 0.1) is 18.0 Å². The minimum atomic E-state index is -0.712. The molecule has 3 N–H and O–H groups in total. The minimum absolute atomic E-state index is 0. The van der Waals surface area contributed by atoms with Gasteiger partial charge in [0.1, 0.15) is 0 Å². The molecule has 1 aromatic rings. The second kappa shape index (κ2) is 7.55. The summed E-state index contributed by atoms with van der Waals surface area (Å²) in [4.78, 5) is 21.1. The van der Waals surface area contributed by atoms with Crippen LogP contribution < -0.4 is 5.73 Å². The van der Waals surface area contributed by atoms with Crippen LogP contribution in [0.25, 0.3) is 0 Å². The SMILES string of the molecule is CCOC(=O)C[C@H](N)c1ccc(O)c([N+](=O)[O-])c1.Cl. The van der Waals surface area contributed by atoms with Gasteiger partial charge in [-0.1, -0.05) is 6.07 Å². The lowest BCUT2D eigenvalue weighted by Crippen LogP contribution is -2.17. The molecule has 0 unspecified atom stereocenters. The van der Waals surface area contributed by atoms with E-state index in [2.05, 4.69) is 0 Å². The molecule has 1 rings (SSSR count). The summed E-state index contributed by atoms with van der Waals surface area (Å²) in [6.07, 6.45) is -0.0736. The molecule has 1 aromatic carbocycles. The van der Waals surface area contributed by atoms with Gasteiger partial charge in [-0.25, -0.2) is 0 Å². The first-order valence-corrected chi connectivity index (χ1v) is 5.34. The first-order chi connectivity index (χ1) is 8.45. The van der Waals surface area contributed by atoms with Gasteiger partial charge < -0.3 is 15.6 Å². The van der Waals surface area contributed by atoms with Crippen LogP contribution in [0, 0.1) is 10.1 Å². The fraction of sp³-hybridized carbons (Fsp3) is 0.364. The second-order valence-corrected chi connectivity index (χ2v) is 3.62. The molecule has 0 aliphatic heterocycles. The van der Waals surface area contributed by atoms with Crippen molar-refractivity contribution in [2.45, 2.75) is 19.4 Å². The van der Waals surface area contributed by atoms with Gasteiger partial charge >= 0.3 is 11.7 Å². The van der Waals surface area contributed by atoms with Gasteiger partial charge in [0.15, 0.2) is 5.75 Å². The number of halogens is 1. The fourth-order valence-corrected chi connectivity index (χ4v) is 1.43. The lowest BCUT2D eigenvalue weighted by atomic mass is 10.0. The molecular weight excluding hydrogens is 276 g/mol. The van der Waals surface area contributed by atoms with E-state index in [9.17, 15) is 20.0 Å². The highest BCUT2D eigenvalue weighted by Gasteiger charge is 2.18. The fourth-order valence-electron chi connectivity index (χ4n) is 1.43. The number of nitrogens with two attached hydrogens (primary N) is 1. The number of carbonyl (C=O) groups is 1. The molecule has 0 heterocycles. The molecule has 0 aliphatic rings. The summed E-state index contributed by atoms with van der Waals surface area (Å²) >= 11 is 0. The van der Waals surface area contributed by atoms with E-state index in [0.29, 0.717) is 5.56 Å². The quantitative estimate of drug-likeness (QED) is 0.484. The third-order valence-corrected chi connectivity index (χ3v) is 2.32. The summed E-state index contributed by atoms with van der Waals surface area (Å²) in [5.41, 5.74) is 5.70. The zero-order chi connectivity index (χ0) is 13.7. The molecule has 0 bridgehead atoms. The molecule has 7 nitrogen and oxygen atoms in total. The molecule has 0 aliphatic carbocycles. The second-order valence-electron chi connectivity index (χ2n) is 3.62. The number of nitrogens with zero attached hydrogens (tertiary/aromatic N) is 1. The Bertz CT molecular complexity index is 466. The molecule has 0 amide bonds. The number of nitro benzene ring substituents is 1. The predicted molar refractivity (Wildman–Crippen MR) is 70.2 cm³/mol. The van der Waals surface area contributed by atoms with Gasteiger partial charge in [-0.05, 0) is 18.6 Å². The van der Waals surface area contributed by atoms with Crippen LogP contribution in [0.2, 0.25) is 0 Å². The van der Waals surface area contributed by atoms with Crippen molar-refractivity contribution in [3.63, 3.8) is 0 Å². The number of carbonyl (C=O) groups excluding carboxylic acids is 1. The molecule has 0 radical (unpaired) electrons. The van der Waals surface area contributed by atoms with E-state index in [-0.39, 0.29) is 25.4 Å². The van der Waals surface area contributed by atoms with Crippen LogP contribution in [-0.4, -0.2) is 22.6 Å². The summed E-state index contributed by atoms with van der Waals surface area (Å²) in [6, 6.07) is 3.06. The van der Waals surface area contributed by atoms with Crippen LogP contribution in [0.4, 0.5) is 5.69 Å². The molecule has 19 heavy (non-hydrogen) atoms. The third kappa shape index (κ3) is 4.72. The van der Waals surface area contributed by atoms with Crippen molar-refractivity contribution in [1.29, 1.82) is 0 Å². The number of hydrogen-bond acceptors (Lipinski definition) is 6. The highest BCUT2D eigenvalue weighted by atomic mass is 35.5.